The van der Waals surface area contributed by atoms with Gasteiger partial charge in [-0.15, -0.1) is 0 Å². The Labute approximate surface area is 138 Å². The Morgan fingerprint density at radius 1 is 1.22 bits per heavy atom. The van der Waals surface area contributed by atoms with E-state index in [1.165, 1.54) is 6.20 Å². The zero-order chi connectivity index (χ0) is 17.2. The molecule has 2 amide bonds. The molecule has 0 bridgehead atoms. The molecule has 1 aromatic rings. The topological polar surface area (TPSA) is 75.2 Å². The molecule has 0 aliphatic rings. The molecular formula is C17H28N4O2. The van der Waals surface area contributed by atoms with E-state index in [-0.39, 0.29) is 11.8 Å². The summed E-state index contributed by atoms with van der Waals surface area (Å²) in [6.07, 6.45) is 5.17. The first-order chi connectivity index (χ1) is 10.9. The van der Waals surface area contributed by atoms with Crippen molar-refractivity contribution in [2.24, 2.45) is 5.92 Å². The molecule has 0 spiro atoms. The van der Waals surface area contributed by atoms with E-state index in [1.807, 2.05) is 13.8 Å². The van der Waals surface area contributed by atoms with Gasteiger partial charge in [0.1, 0.15) is 5.69 Å². The molecule has 1 rings (SSSR count). The molecule has 23 heavy (non-hydrogen) atoms. The van der Waals surface area contributed by atoms with Crippen LogP contribution in [-0.4, -0.2) is 46.3 Å². The Bertz CT molecular complexity index is 500. The molecule has 1 N–H and O–H groups in total. The average Bonchev–Trinajstić information content (AvgIpc) is 2.51. The predicted octanol–water partition coefficient (Wildman–Crippen LogP) is 2.19. The molecule has 1 aromatic heterocycles. The van der Waals surface area contributed by atoms with Crippen LogP contribution in [0.4, 0.5) is 0 Å². The quantitative estimate of drug-likeness (QED) is 0.757. The van der Waals surface area contributed by atoms with Crippen molar-refractivity contribution in [3.8, 4) is 0 Å². The van der Waals surface area contributed by atoms with Crippen molar-refractivity contribution in [1.29, 1.82) is 0 Å². The van der Waals surface area contributed by atoms with Gasteiger partial charge in [0.25, 0.3) is 5.91 Å². The van der Waals surface area contributed by atoms with Gasteiger partial charge < -0.3 is 10.2 Å². The number of rotatable bonds is 9. The molecule has 0 saturated carbocycles. The van der Waals surface area contributed by atoms with Gasteiger partial charge in [0.15, 0.2) is 0 Å². The first kappa shape index (κ1) is 19.1. The standard InChI is InChI=1S/C17H28N4O2/c1-5-9-21(10-7-16(22)18-8-6-13(2)3)17(23)15-12-19-14(4)11-20-15/h11-13H,5-10H2,1-4H3,(H,18,22). The van der Waals surface area contributed by atoms with Gasteiger partial charge in [-0.2, -0.15) is 0 Å². The second-order valence-electron chi connectivity index (χ2n) is 6.12. The lowest BCUT2D eigenvalue weighted by Gasteiger charge is -2.21. The number of nitrogens with zero attached hydrogens (tertiary/aromatic N) is 3. The molecule has 0 aliphatic carbocycles. The molecule has 0 atom stereocenters. The van der Waals surface area contributed by atoms with Crippen LogP contribution in [0.1, 0.15) is 56.2 Å². The van der Waals surface area contributed by atoms with E-state index in [9.17, 15) is 9.59 Å². The van der Waals surface area contributed by atoms with Gasteiger partial charge in [-0.05, 0) is 25.7 Å². The van der Waals surface area contributed by atoms with Gasteiger partial charge >= 0.3 is 0 Å². The second kappa shape index (κ2) is 9.92. The van der Waals surface area contributed by atoms with E-state index in [2.05, 4.69) is 29.1 Å². The van der Waals surface area contributed by atoms with Crippen LogP contribution >= 0.6 is 0 Å². The summed E-state index contributed by atoms with van der Waals surface area (Å²) in [6.45, 7) is 9.76. The van der Waals surface area contributed by atoms with Crippen molar-refractivity contribution in [2.45, 2.75) is 47.0 Å². The van der Waals surface area contributed by atoms with Crippen LogP contribution in [0.3, 0.4) is 0 Å². The molecule has 0 fully saturated rings. The maximum atomic E-state index is 12.5. The van der Waals surface area contributed by atoms with Crippen LogP contribution in [0.2, 0.25) is 0 Å². The Hall–Kier alpha value is -1.98. The van der Waals surface area contributed by atoms with Crippen LogP contribution in [0.5, 0.6) is 0 Å². The lowest BCUT2D eigenvalue weighted by molar-refractivity contribution is -0.121. The van der Waals surface area contributed by atoms with Crippen molar-refractivity contribution < 1.29 is 9.59 Å². The highest BCUT2D eigenvalue weighted by Gasteiger charge is 2.17. The fourth-order valence-electron chi connectivity index (χ4n) is 2.07. The third-order valence-electron chi connectivity index (χ3n) is 3.43. The summed E-state index contributed by atoms with van der Waals surface area (Å²) < 4.78 is 0. The van der Waals surface area contributed by atoms with Gasteiger partial charge in [-0.25, -0.2) is 4.98 Å². The summed E-state index contributed by atoms with van der Waals surface area (Å²) in [5.41, 5.74) is 1.09. The van der Waals surface area contributed by atoms with Crippen molar-refractivity contribution in [3.63, 3.8) is 0 Å². The Morgan fingerprint density at radius 2 is 1.96 bits per heavy atom. The van der Waals surface area contributed by atoms with E-state index in [1.54, 1.807) is 11.1 Å². The molecule has 6 heteroatoms. The molecule has 1 heterocycles. The van der Waals surface area contributed by atoms with Crippen LogP contribution in [0, 0.1) is 12.8 Å². The van der Waals surface area contributed by atoms with Crippen LogP contribution in [0.25, 0.3) is 0 Å². The highest BCUT2D eigenvalue weighted by atomic mass is 16.2. The fraction of sp³-hybridized carbons (Fsp3) is 0.647. The van der Waals surface area contributed by atoms with Crippen molar-refractivity contribution >= 4 is 11.8 Å². The minimum absolute atomic E-state index is 0.0189. The minimum Gasteiger partial charge on any atom is -0.356 e. The number of amides is 2. The van der Waals surface area contributed by atoms with E-state index in [4.69, 9.17) is 0 Å². The monoisotopic (exact) mass is 320 g/mol. The third-order valence-corrected chi connectivity index (χ3v) is 3.43. The maximum Gasteiger partial charge on any atom is 0.274 e. The maximum absolute atomic E-state index is 12.5. The number of hydrogen-bond donors (Lipinski definition) is 1. The number of aryl methyl sites for hydroxylation is 1. The number of nitrogens with one attached hydrogen (secondary N) is 1. The molecule has 0 aromatic carbocycles. The fourth-order valence-corrected chi connectivity index (χ4v) is 2.07. The normalized spacial score (nSPS) is 10.7. The van der Waals surface area contributed by atoms with Gasteiger partial charge in [-0.1, -0.05) is 20.8 Å². The van der Waals surface area contributed by atoms with Crippen LogP contribution < -0.4 is 5.32 Å². The summed E-state index contributed by atoms with van der Waals surface area (Å²) in [5.74, 6) is 0.373. The number of carbonyl (C=O) groups excluding carboxylic acids is 2. The summed E-state index contributed by atoms with van der Waals surface area (Å²) in [5, 5.41) is 2.89. The van der Waals surface area contributed by atoms with E-state index in [0.717, 1.165) is 18.5 Å². The smallest absolute Gasteiger partial charge is 0.274 e. The first-order valence-corrected chi connectivity index (χ1v) is 8.28. The summed E-state index contributed by atoms with van der Waals surface area (Å²) >= 11 is 0. The van der Waals surface area contributed by atoms with Gasteiger partial charge in [0.05, 0.1) is 11.9 Å². The molecule has 6 nitrogen and oxygen atoms in total. The van der Waals surface area contributed by atoms with Crippen molar-refractivity contribution in [1.82, 2.24) is 20.2 Å². The van der Waals surface area contributed by atoms with Crippen molar-refractivity contribution in [2.75, 3.05) is 19.6 Å². The Morgan fingerprint density at radius 3 is 2.52 bits per heavy atom. The molecule has 0 saturated heterocycles. The lowest BCUT2D eigenvalue weighted by Crippen LogP contribution is -2.36. The number of aromatic nitrogens is 2. The SMILES string of the molecule is CCCN(CCC(=O)NCCC(C)C)C(=O)c1cnc(C)cn1. The van der Waals surface area contributed by atoms with Gasteiger partial charge in [0, 0.05) is 32.3 Å². The van der Waals surface area contributed by atoms with E-state index < -0.39 is 0 Å². The summed E-state index contributed by atoms with van der Waals surface area (Å²) in [4.78, 5) is 34.2. The zero-order valence-electron chi connectivity index (χ0n) is 14.6. The Balaban J connectivity index is 2.52. The van der Waals surface area contributed by atoms with E-state index in [0.29, 0.717) is 37.7 Å². The van der Waals surface area contributed by atoms with Gasteiger partial charge in [0.2, 0.25) is 5.91 Å². The highest BCUT2D eigenvalue weighted by Crippen LogP contribution is 2.04. The summed E-state index contributed by atoms with van der Waals surface area (Å²) in [7, 11) is 0. The largest absolute Gasteiger partial charge is 0.356 e. The summed E-state index contributed by atoms with van der Waals surface area (Å²) in [6, 6.07) is 0. The second-order valence-corrected chi connectivity index (χ2v) is 6.12. The minimum atomic E-state index is -0.172. The predicted molar refractivity (Wildman–Crippen MR) is 90.0 cm³/mol. The lowest BCUT2D eigenvalue weighted by atomic mass is 10.1. The third kappa shape index (κ3) is 7.21. The molecule has 128 valence electrons. The Kier molecular flexibility index (Phi) is 8.22. The van der Waals surface area contributed by atoms with E-state index >= 15 is 0 Å². The van der Waals surface area contributed by atoms with Crippen LogP contribution in [-0.2, 0) is 4.79 Å². The van der Waals surface area contributed by atoms with Crippen LogP contribution in [0.15, 0.2) is 12.4 Å². The zero-order valence-corrected chi connectivity index (χ0v) is 14.6. The first-order valence-electron chi connectivity index (χ1n) is 8.28. The molecule has 0 aliphatic heterocycles. The molecule has 0 unspecified atom stereocenters. The number of hydrogen-bond acceptors (Lipinski definition) is 4. The number of carbonyl (C=O) groups is 2. The molecule has 0 radical (unpaired) electrons. The molecular weight excluding hydrogens is 292 g/mol. The highest BCUT2D eigenvalue weighted by molar-refractivity contribution is 5.92. The van der Waals surface area contributed by atoms with Crippen molar-refractivity contribution in [3.05, 3.63) is 23.8 Å². The average molecular weight is 320 g/mol. The van der Waals surface area contributed by atoms with Gasteiger partial charge in [-0.3, -0.25) is 14.6 Å².